The van der Waals surface area contributed by atoms with Crippen LogP contribution in [-0.4, -0.2) is 29.2 Å². The summed E-state index contributed by atoms with van der Waals surface area (Å²) in [5.41, 5.74) is 1.07. The highest BCUT2D eigenvalue weighted by molar-refractivity contribution is 5.35. The Balaban J connectivity index is 1.90. The molecule has 1 atom stereocenters. The molecule has 16 heavy (non-hydrogen) atoms. The molecule has 0 amide bonds. The summed E-state index contributed by atoms with van der Waals surface area (Å²) < 4.78 is 5.55. The van der Waals surface area contributed by atoms with Gasteiger partial charge in [0.1, 0.15) is 12.1 Å². The van der Waals surface area contributed by atoms with Crippen LogP contribution in [0.3, 0.4) is 0 Å². The number of nitrogens with one attached hydrogen (secondary N) is 1. The van der Waals surface area contributed by atoms with Crippen LogP contribution in [0.15, 0.2) is 12.4 Å². The third-order valence-corrected chi connectivity index (χ3v) is 2.81. The van der Waals surface area contributed by atoms with E-state index in [-0.39, 0.29) is 0 Å². The van der Waals surface area contributed by atoms with Crippen molar-refractivity contribution >= 4 is 5.82 Å². The van der Waals surface area contributed by atoms with Crippen LogP contribution >= 0.6 is 0 Å². The van der Waals surface area contributed by atoms with Crippen molar-refractivity contribution in [2.45, 2.75) is 38.7 Å². The Hall–Kier alpha value is -1.16. The minimum absolute atomic E-state index is 0.345. The fraction of sp³-hybridized carbons (Fsp3) is 0.667. The van der Waals surface area contributed by atoms with E-state index >= 15 is 0 Å². The summed E-state index contributed by atoms with van der Waals surface area (Å²) in [5, 5.41) is 3.31. The summed E-state index contributed by atoms with van der Waals surface area (Å²) in [6.07, 6.45) is 4.29. The van der Waals surface area contributed by atoms with Gasteiger partial charge in [-0.15, -0.1) is 0 Å². The van der Waals surface area contributed by atoms with Gasteiger partial charge in [-0.05, 0) is 18.8 Å². The Labute approximate surface area is 96.4 Å². The first-order valence-electron chi connectivity index (χ1n) is 5.93. The van der Waals surface area contributed by atoms with Crippen LogP contribution in [0.25, 0.3) is 0 Å². The molecule has 4 nitrogen and oxygen atoms in total. The molecule has 4 heteroatoms. The van der Waals surface area contributed by atoms with Crippen molar-refractivity contribution in [2.24, 2.45) is 0 Å². The SMILES string of the molecule is CC(C)c1cc(NCC2CCCO2)ncn1. The second-order valence-electron chi connectivity index (χ2n) is 4.50. The van der Waals surface area contributed by atoms with E-state index in [1.54, 1.807) is 6.33 Å². The maximum atomic E-state index is 5.55. The molecule has 0 aromatic carbocycles. The highest BCUT2D eigenvalue weighted by Gasteiger charge is 2.15. The van der Waals surface area contributed by atoms with Crippen LogP contribution in [0.5, 0.6) is 0 Å². The lowest BCUT2D eigenvalue weighted by Gasteiger charge is -2.12. The van der Waals surface area contributed by atoms with Crippen molar-refractivity contribution in [3.63, 3.8) is 0 Å². The van der Waals surface area contributed by atoms with Crippen molar-refractivity contribution < 1.29 is 4.74 Å². The van der Waals surface area contributed by atoms with Crippen molar-refractivity contribution in [3.05, 3.63) is 18.1 Å². The monoisotopic (exact) mass is 221 g/mol. The molecule has 0 radical (unpaired) electrons. The van der Waals surface area contributed by atoms with Gasteiger partial charge in [0, 0.05) is 24.9 Å². The Morgan fingerprint density at radius 2 is 2.38 bits per heavy atom. The minimum Gasteiger partial charge on any atom is -0.376 e. The number of nitrogens with zero attached hydrogens (tertiary/aromatic N) is 2. The maximum absolute atomic E-state index is 5.55. The predicted molar refractivity (Wildman–Crippen MR) is 63.6 cm³/mol. The van der Waals surface area contributed by atoms with E-state index in [1.165, 1.54) is 6.42 Å². The fourth-order valence-electron chi connectivity index (χ4n) is 1.81. The molecule has 0 bridgehead atoms. The first-order valence-corrected chi connectivity index (χ1v) is 5.93. The minimum atomic E-state index is 0.345. The second kappa shape index (κ2) is 5.25. The van der Waals surface area contributed by atoms with E-state index in [4.69, 9.17) is 4.74 Å². The number of rotatable bonds is 4. The van der Waals surface area contributed by atoms with Crippen LogP contribution < -0.4 is 5.32 Å². The first-order chi connectivity index (χ1) is 7.75. The van der Waals surface area contributed by atoms with E-state index < -0.39 is 0 Å². The highest BCUT2D eigenvalue weighted by atomic mass is 16.5. The number of hydrogen-bond acceptors (Lipinski definition) is 4. The van der Waals surface area contributed by atoms with Crippen molar-refractivity contribution in [3.8, 4) is 0 Å². The molecule has 1 fully saturated rings. The first kappa shape index (κ1) is 11.3. The Bertz CT molecular complexity index is 335. The molecule has 1 saturated heterocycles. The van der Waals surface area contributed by atoms with Gasteiger partial charge in [0.15, 0.2) is 0 Å². The van der Waals surface area contributed by atoms with E-state index in [1.807, 2.05) is 6.07 Å². The topological polar surface area (TPSA) is 47.0 Å². The normalized spacial score (nSPS) is 20.3. The zero-order valence-electron chi connectivity index (χ0n) is 9.94. The quantitative estimate of drug-likeness (QED) is 0.846. The molecule has 88 valence electrons. The van der Waals surface area contributed by atoms with Gasteiger partial charge in [-0.2, -0.15) is 0 Å². The summed E-state index contributed by atoms with van der Waals surface area (Å²) in [7, 11) is 0. The van der Waals surface area contributed by atoms with Gasteiger partial charge in [0.25, 0.3) is 0 Å². The van der Waals surface area contributed by atoms with Crippen molar-refractivity contribution in [1.82, 2.24) is 9.97 Å². The summed E-state index contributed by atoms with van der Waals surface area (Å²) in [5.74, 6) is 1.33. The lowest BCUT2D eigenvalue weighted by Crippen LogP contribution is -2.19. The van der Waals surface area contributed by atoms with Gasteiger partial charge in [0.2, 0.25) is 0 Å². The zero-order valence-corrected chi connectivity index (χ0v) is 9.94. The second-order valence-corrected chi connectivity index (χ2v) is 4.50. The fourth-order valence-corrected chi connectivity index (χ4v) is 1.81. The Morgan fingerprint density at radius 3 is 3.06 bits per heavy atom. The van der Waals surface area contributed by atoms with E-state index in [0.29, 0.717) is 12.0 Å². The molecule has 1 unspecified atom stereocenters. The summed E-state index contributed by atoms with van der Waals surface area (Å²) in [6.45, 7) is 6.00. The summed E-state index contributed by atoms with van der Waals surface area (Å²) in [6, 6.07) is 2.01. The lowest BCUT2D eigenvalue weighted by molar-refractivity contribution is 0.120. The molecule has 1 aromatic rings. The molecule has 0 aliphatic carbocycles. The number of aromatic nitrogens is 2. The van der Waals surface area contributed by atoms with E-state index in [0.717, 1.165) is 31.1 Å². The number of ether oxygens (including phenoxy) is 1. The average molecular weight is 221 g/mol. The standard InChI is InChI=1S/C12H19N3O/c1-9(2)11-6-12(15-8-14-11)13-7-10-4-3-5-16-10/h6,8-10H,3-5,7H2,1-2H3,(H,13,14,15). The molecule has 1 N–H and O–H groups in total. The average Bonchev–Trinajstić information content (AvgIpc) is 2.79. The Morgan fingerprint density at radius 1 is 1.50 bits per heavy atom. The molecular formula is C12H19N3O. The van der Waals surface area contributed by atoms with Crippen LogP contribution in [0.1, 0.15) is 38.3 Å². The molecule has 0 spiro atoms. The van der Waals surface area contributed by atoms with Crippen molar-refractivity contribution in [2.75, 3.05) is 18.5 Å². The molecule has 1 aromatic heterocycles. The van der Waals surface area contributed by atoms with Crippen LogP contribution in [0.4, 0.5) is 5.82 Å². The van der Waals surface area contributed by atoms with Crippen molar-refractivity contribution in [1.29, 1.82) is 0 Å². The molecule has 2 heterocycles. The van der Waals surface area contributed by atoms with E-state index in [9.17, 15) is 0 Å². The van der Waals surface area contributed by atoms with Gasteiger partial charge in [-0.1, -0.05) is 13.8 Å². The summed E-state index contributed by atoms with van der Waals surface area (Å²) >= 11 is 0. The van der Waals surface area contributed by atoms with Gasteiger partial charge in [-0.3, -0.25) is 0 Å². The Kier molecular flexibility index (Phi) is 3.72. The number of anilines is 1. The lowest BCUT2D eigenvalue weighted by atomic mass is 10.1. The molecular weight excluding hydrogens is 202 g/mol. The maximum Gasteiger partial charge on any atom is 0.129 e. The van der Waals surface area contributed by atoms with Gasteiger partial charge < -0.3 is 10.1 Å². The third kappa shape index (κ3) is 2.92. The summed E-state index contributed by atoms with van der Waals surface area (Å²) in [4.78, 5) is 8.44. The van der Waals surface area contributed by atoms with Gasteiger partial charge in [-0.25, -0.2) is 9.97 Å². The van der Waals surface area contributed by atoms with Gasteiger partial charge in [0.05, 0.1) is 6.10 Å². The van der Waals surface area contributed by atoms with Crippen LogP contribution in [0.2, 0.25) is 0 Å². The van der Waals surface area contributed by atoms with Crippen LogP contribution in [-0.2, 0) is 4.74 Å². The highest BCUT2D eigenvalue weighted by Crippen LogP contribution is 2.15. The molecule has 2 rings (SSSR count). The predicted octanol–water partition coefficient (Wildman–Crippen LogP) is 2.19. The molecule has 0 saturated carbocycles. The smallest absolute Gasteiger partial charge is 0.129 e. The molecule has 1 aliphatic rings. The number of hydrogen-bond donors (Lipinski definition) is 1. The molecule has 1 aliphatic heterocycles. The third-order valence-electron chi connectivity index (χ3n) is 2.81. The van der Waals surface area contributed by atoms with E-state index in [2.05, 4.69) is 29.1 Å². The van der Waals surface area contributed by atoms with Crippen LogP contribution in [0, 0.1) is 0 Å². The largest absolute Gasteiger partial charge is 0.376 e. The zero-order chi connectivity index (χ0) is 11.4. The van der Waals surface area contributed by atoms with Gasteiger partial charge >= 0.3 is 0 Å².